The molecule has 0 radical (unpaired) electrons. The summed E-state index contributed by atoms with van der Waals surface area (Å²) in [4.78, 5) is 14.4. The maximum Gasteiger partial charge on any atom is 0.317 e. The van der Waals surface area contributed by atoms with E-state index in [-0.39, 0.29) is 48.3 Å². The number of hydrogen-bond acceptors (Lipinski definition) is 5. The normalized spacial score (nSPS) is 24.3. The molecule has 0 spiro atoms. The van der Waals surface area contributed by atoms with E-state index in [0.717, 1.165) is 25.7 Å². The molecule has 0 bridgehead atoms. The summed E-state index contributed by atoms with van der Waals surface area (Å²) in [6.07, 6.45) is 10.5. The maximum atomic E-state index is 13.4. The van der Waals surface area contributed by atoms with E-state index < -0.39 is 22.2 Å². The Labute approximate surface area is 197 Å². The van der Waals surface area contributed by atoms with E-state index in [9.17, 15) is 18.3 Å². The summed E-state index contributed by atoms with van der Waals surface area (Å²) < 4.78 is 34.3. The average molecular weight is 478 g/mol. The molecule has 0 aromatic heterocycles. The molecule has 3 rings (SSSR count). The second-order valence-corrected chi connectivity index (χ2v) is 11.1. The van der Waals surface area contributed by atoms with Crippen LogP contribution in [0, 0.1) is 18.3 Å². The highest BCUT2D eigenvalue weighted by molar-refractivity contribution is 7.89. The largest absolute Gasteiger partial charge is 0.487 e. The molecule has 2 amide bonds. The van der Waals surface area contributed by atoms with Crippen molar-refractivity contribution in [1.29, 1.82) is 0 Å². The molecule has 1 aromatic rings. The number of nitrogens with one attached hydrogen (secondary N) is 1. The molecule has 3 atom stereocenters. The van der Waals surface area contributed by atoms with Crippen molar-refractivity contribution in [3.05, 3.63) is 23.8 Å². The molecule has 8 nitrogen and oxygen atoms in total. The zero-order valence-corrected chi connectivity index (χ0v) is 20.5. The minimum Gasteiger partial charge on any atom is -0.487 e. The quantitative estimate of drug-likeness (QED) is 0.635. The molecule has 1 aliphatic heterocycles. The predicted molar refractivity (Wildman–Crippen MR) is 126 cm³/mol. The number of carbonyl (C=O) groups is 1. The van der Waals surface area contributed by atoms with Crippen LogP contribution in [0.1, 0.15) is 51.5 Å². The van der Waals surface area contributed by atoms with Gasteiger partial charge in [-0.3, -0.25) is 0 Å². The lowest BCUT2D eigenvalue weighted by atomic mass is 9.96. The zero-order chi connectivity index (χ0) is 24.2. The first-order valence-corrected chi connectivity index (χ1v) is 13.0. The third kappa shape index (κ3) is 5.81. The van der Waals surface area contributed by atoms with Gasteiger partial charge in [-0.25, -0.2) is 13.2 Å². The second kappa shape index (κ2) is 10.8. The summed E-state index contributed by atoms with van der Waals surface area (Å²) in [6.45, 7) is 3.68. The number of aliphatic hydroxyl groups is 1. The van der Waals surface area contributed by atoms with Crippen LogP contribution in [0.4, 0.5) is 4.79 Å². The highest BCUT2D eigenvalue weighted by Gasteiger charge is 2.38. The number of urea groups is 1. The first kappa shape index (κ1) is 25.3. The molecule has 1 heterocycles. The summed E-state index contributed by atoms with van der Waals surface area (Å²) in [5.74, 6) is 2.43. The summed E-state index contributed by atoms with van der Waals surface area (Å²) in [5, 5.41) is 12.8. The topological polar surface area (TPSA) is 99.2 Å². The Morgan fingerprint density at radius 2 is 2.06 bits per heavy atom. The molecule has 9 heteroatoms. The van der Waals surface area contributed by atoms with Gasteiger partial charge in [0.05, 0.1) is 13.2 Å². The molecule has 0 unspecified atom stereocenters. The van der Waals surface area contributed by atoms with Crippen LogP contribution < -0.4 is 10.1 Å². The highest BCUT2D eigenvalue weighted by atomic mass is 32.2. The fourth-order valence-electron chi connectivity index (χ4n) is 4.42. The van der Waals surface area contributed by atoms with Crippen LogP contribution in [0.5, 0.6) is 5.75 Å². The van der Waals surface area contributed by atoms with E-state index in [4.69, 9.17) is 11.2 Å². The number of ether oxygens (including phenoxy) is 1. The lowest BCUT2D eigenvalue weighted by molar-refractivity contribution is 0.0806. The number of sulfonamides is 1. The lowest BCUT2D eigenvalue weighted by Gasteiger charge is -2.37. The van der Waals surface area contributed by atoms with Crippen molar-refractivity contribution >= 4 is 16.1 Å². The first-order chi connectivity index (χ1) is 15.7. The molecular formula is C24H35N3O5S. The van der Waals surface area contributed by atoms with E-state index in [1.165, 1.54) is 16.8 Å². The molecule has 1 saturated carbocycles. The summed E-state index contributed by atoms with van der Waals surface area (Å²) in [5.41, 5.74) is 0.501. The van der Waals surface area contributed by atoms with Crippen LogP contribution in [-0.4, -0.2) is 73.7 Å². The summed E-state index contributed by atoms with van der Waals surface area (Å²) in [6, 6.07) is 3.97. The van der Waals surface area contributed by atoms with Gasteiger partial charge in [-0.05, 0) is 38.0 Å². The molecule has 182 valence electrons. The number of likely N-dealkylation sites (N-methyl/N-ethyl adjacent to an activating group) is 1. The van der Waals surface area contributed by atoms with Crippen LogP contribution in [-0.2, 0) is 10.0 Å². The van der Waals surface area contributed by atoms with Crippen molar-refractivity contribution < 1.29 is 23.1 Å². The van der Waals surface area contributed by atoms with Crippen molar-refractivity contribution in [2.45, 2.75) is 69.0 Å². The van der Waals surface area contributed by atoms with Gasteiger partial charge in [0.2, 0.25) is 10.0 Å². The van der Waals surface area contributed by atoms with Gasteiger partial charge in [0, 0.05) is 37.2 Å². The monoisotopic (exact) mass is 477 g/mol. The Bertz CT molecular complexity index is 984. The molecule has 0 saturated heterocycles. The van der Waals surface area contributed by atoms with Gasteiger partial charge in [0.25, 0.3) is 0 Å². The van der Waals surface area contributed by atoms with E-state index in [2.05, 4.69) is 11.2 Å². The SMILES string of the molecule is C#Cc1ccc2c(c1)O[C@@H](CN(C)C(=O)NC1CCCCC1)[C@H](C)CN([C@@H](C)CO)S2(=O)=O. The molecule has 2 N–H and O–H groups in total. The number of fused-ring (bicyclic) bond motifs is 1. The first-order valence-electron chi connectivity index (χ1n) is 11.6. The standard InChI is InChI=1S/C24H35N3O5S/c1-5-19-11-12-23-21(13-19)32-22(17(2)14-27(18(3)16-28)33(23,30)31)15-26(4)24(29)25-20-9-7-6-8-10-20/h1,11-13,17-18,20,22,28H,6-10,14-16H2,2-4H3,(H,25,29)/t17-,18+,22+/m1/s1. The number of rotatable bonds is 5. The minimum absolute atomic E-state index is 0.00742. The van der Waals surface area contributed by atoms with Crippen molar-refractivity contribution in [3.63, 3.8) is 0 Å². The van der Waals surface area contributed by atoms with Gasteiger partial charge < -0.3 is 20.1 Å². The van der Waals surface area contributed by atoms with Crippen molar-refractivity contribution in [2.75, 3.05) is 26.7 Å². The maximum absolute atomic E-state index is 13.4. The Kier molecular flexibility index (Phi) is 8.27. The smallest absolute Gasteiger partial charge is 0.317 e. The Morgan fingerprint density at radius 3 is 2.70 bits per heavy atom. The Balaban J connectivity index is 1.87. The Hall–Kier alpha value is -2.28. The number of aliphatic hydroxyl groups excluding tert-OH is 1. The fourth-order valence-corrected chi connectivity index (χ4v) is 6.24. The number of hydrogen-bond donors (Lipinski definition) is 2. The van der Waals surface area contributed by atoms with Gasteiger partial charge >= 0.3 is 6.03 Å². The number of nitrogens with zero attached hydrogens (tertiary/aromatic N) is 2. The molecular weight excluding hydrogens is 442 g/mol. The van der Waals surface area contributed by atoms with Gasteiger partial charge in [0.15, 0.2) is 0 Å². The van der Waals surface area contributed by atoms with E-state index >= 15 is 0 Å². The van der Waals surface area contributed by atoms with E-state index in [1.807, 2.05) is 6.92 Å². The van der Waals surface area contributed by atoms with Crippen LogP contribution in [0.25, 0.3) is 0 Å². The fraction of sp³-hybridized carbons (Fsp3) is 0.625. The molecule has 1 aliphatic carbocycles. The van der Waals surface area contributed by atoms with Crippen molar-refractivity contribution in [2.24, 2.45) is 5.92 Å². The second-order valence-electron chi connectivity index (χ2n) is 9.21. The van der Waals surface area contributed by atoms with Crippen molar-refractivity contribution in [1.82, 2.24) is 14.5 Å². The van der Waals surface area contributed by atoms with Gasteiger partial charge in [0.1, 0.15) is 16.7 Å². The summed E-state index contributed by atoms with van der Waals surface area (Å²) >= 11 is 0. The number of carbonyl (C=O) groups excluding carboxylic acids is 1. The third-order valence-corrected chi connectivity index (χ3v) is 8.59. The number of terminal acetylenes is 1. The molecule has 1 aromatic carbocycles. The predicted octanol–water partition coefficient (Wildman–Crippen LogP) is 2.41. The number of amides is 2. The van der Waals surface area contributed by atoms with E-state index in [1.54, 1.807) is 31.0 Å². The van der Waals surface area contributed by atoms with Gasteiger partial charge in [-0.15, -0.1) is 6.42 Å². The van der Waals surface area contributed by atoms with Crippen molar-refractivity contribution in [3.8, 4) is 18.1 Å². The highest BCUT2D eigenvalue weighted by Crippen LogP contribution is 2.34. The lowest BCUT2D eigenvalue weighted by Crippen LogP contribution is -2.52. The summed E-state index contributed by atoms with van der Waals surface area (Å²) in [7, 11) is -2.19. The molecule has 1 fully saturated rings. The molecule has 2 aliphatic rings. The third-order valence-electron chi connectivity index (χ3n) is 6.57. The zero-order valence-electron chi connectivity index (χ0n) is 19.7. The van der Waals surface area contributed by atoms with Gasteiger partial charge in [-0.2, -0.15) is 4.31 Å². The van der Waals surface area contributed by atoms with Crippen LogP contribution in [0.3, 0.4) is 0 Å². The Morgan fingerprint density at radius 1 is 1.36 bits per heavy atom. The average Bonchev–Trinajstić information content (AvgIpc) is 2.81. The van der Waals surface area contributed by atoms with Crippen LogP contribution in [0.15, 0.2) is 23.1 Å². The van der Waals surface area contributed by atoms with Gasteiger partial charge in [-0.1, -0.05) is 32.1 Å². The van der Waals surface area contributed by atoms with E-state index in [0.29, 0.717) is 5.56 Å². The number of benzene rings is 1. The molecule has 33 heavy (non-hydrogen) atoms. The van der Waals surface area contributed by atoms with Crippen LogP contribution in [0.2, 0.25) is 0 Å². The minimum atomic E-state index is -3.91. The van der Waals surface area contributed by atoms with Crippen LogP contribution >= 0.6 is 0 Å².